The summed E-state index contributed by atoms with van der Waals surface area (Å²) >= 11 is 1.32. The van der Waals surface area contributed by atoms with Crippen molar-refractivity contribution in [2.45, 2.75) is 37.6 Å². The van der Waals surface area contributed by atoms with Gasteiger partial charge < -0.3 is 9.15 Å². The summed E-state index contributed by atoms with van der Waals surface area (Å²) < 4.78 is 13.1. The van der Waals surface area contributed by atoms with Gasteiger partial charge in [0.1, 0.15) is 5.58 Å². The fraction of sp³-hybridized carbons (Fsp3) is 0.412. The fourth-order valence-corrected chi connectivity index (χ4v) is 3.78. The summed E-state index contributed by atoms with van der Waals surface area (Å²) in [6, 6.07) is 7.66. The van der Waals surface area contributed by atoms with Gasteiger partial charge in [0.05, 0.1) is 18.4 Å². The number of hydrogen-bond acceptors (Lipinski definition) is 7. The molecule has 1 atom stereocenters. The van der Waals surface area contributed by atoms with E-state index in [1.165, 1.54) is 11.8 Å². The Morgan fingerprint density at radius 2 is 2.28 bits per heavy atom. The predicted octanol–water partition coefficient (Wildman–Crippen LogP) is 2.88. The molecule has 130 valence electrons. The smallest absolute Gasteiger partial charge is 0.209 e. The largest absolute Gasteiger partial charge is 0.453 e. The van der Waals surface area contributed by atoms with Crippen LogP contribution < -0.4 is 0 Å². The summed E-state index contributed by atoms with van der Waals surface area (Å²) in [5, 5.41) is 13.3. The molecule has 4 rings (SSSR count). The second-order valence-electron chi connectivity index (χ2n) is 6.04. The zero-order chi connectivity index (χ0) is 17.2. The number of tetrazole rings is 1. The number of aromatic nitrogens is 4. The van der Waals surface area contributed by atoms with Gasteiger partial charge in [0.2, 0.25) is 10.9 Å². The van der Waals surface area contributed by atoms with Crippen LogP contribution in [0.2, 0.25) is 0 Å². The molecule has 1 fully saturated rings. The Bertz CT molecular complexity index is 898. The van der Waals surface area contributed by atoms with Gasteiger partial charge in [-0.25, -0.2) is 4.68 Å². The number of para-hydroxylation sites is 1. The highest BCUT2D eigenvalue weighted by Gasteiger charge is 2.21. The third-order valence-electron chi connectivity index (χ3n) is 4.33. The molecule has 0 N–H and O–H groups in total. The van der Waals surface area contributed by atoms with Crippen molar-refractivity contribution < 1.29 is 13.9 Å². The Morgan fingerprint density at radius 3 is 3.08 bits per heavy atom. The van der Waals surface area contributed by atoms with E-state index in [4.69, 9.17) is 9.15 Å². The lowest BCUT2D eigenvalue weighted by Crippen LogP contribution is -2.17. The number of furan rings is 1. The second kappa shape index (κ2) is 6.97. The Labute approximate surface area is 148 Å². The minimum Gasteiger partial charge on any atom is -0.453 e. The molecule has 0 bridgehead atoms. The third-order valence-corrected chi connectivity index (χ3v) is 5.29. The molecule has 0 amide bonds. The number of nitrogens with zero attached hydrogens (tertiary/aromatic N) is 4. The molecule has 0 saturated carbocycles. The third kappa shape index (κ3) is 3.32. The molecule has 3 heterocycles. The van der Waals surface area contributed by atoms with E-state index in [0.29, 0.717) is 17.5 Å². The van der Waals surface area contributed by atoms with Gasteiger partial charge in [0, 0.05) is 17.6 Å². The van der Waals surface area contributed by atoms with E-state index in [9.17, 15) is 4.79 Å². The van der Waals surface area contributed by atoms with Gasteiger partial charge in [-0.1, -0.05) is 30.0 Å². The van der Waals surface area contributed by atoms with Gasteiger partial charge in [-0.15, -0.1) is 5.10 Å². The van der Waals surface area contributed by atoms with Crippen LogP contribution in [0.1, 0.15) is 29.0 Å². The van der Waals surface area contributed by atoms with Crippen LogP contribution in [0.5, 0.6) is 0 Å². The van der Waals surface area contributed by atoms with Crippen molar-refractivity contribution >= 4 is 28.5 Å². The summed E-state index contributed by atoms with van der Waals surface area (Å²) in [4.78, 5) is 12.6. The topological polar surface area (TPSA) is 83.0 Å². The van der Waals surface area contributed by atoms with Gasteiger partial charge in [-0.2, -0.15) is 0 Å². The van der Waals surface area contributed by atoms with Crippen molar-refractivity contribution in [1.29, 1.82) is 0 Å². The van der Waals surface area contributed by atoms with Crippen molar-refractivity contribution in [3.8, 4) is 0 Å². The normalized spacial score (nSPS) is 17.4. The molecule has 1 saturated heterocycles. The van der Waals surface area contributed by atoms with Crippen LogP contribution in [0.4, 0.5) is 0 Å². The van der Waals surface area contributed by atoms with Gasteiger partial charge in [-0.05, 0) is 36.3 Å². The molecule has 1 aromatic carbocycles. The average molecular weight is 358 g/mol. The van der Waals surface area contributed by atoms with Crippen molar-refractivity contribution in [3.63, 3.8) is 0 Å². The van der Waals surface area contributed by atoms with E-state index in [2.05, 4.69) is 15.5 Å². The summed E-state index contributed by atoms with van der Waals surface area (Å²) in [5.74, 6) is 0.573. The minimum absolute atomic E-state index is 0.0645. The highest BCUT2D eigenvalue weighted by molar-refractivity contribution is 7.99. The average Bonchev–Trinajstić information content (AvgIpc) is 3.35. The monoisotopic (exact) mass is 358 g/mol. The molecule has 0 aliphatic carbocycles. The van der Waals surface area contributed by atoms with Crippen molar-refractivity contribution in [2.24, 2.45) is 0 Å². The molecule has 0 spiro atoms. The Kier molecular flexibility index (Phi) is 4.54. The number of fused-ring (bicyclic) bond motifs is 1. The first-order valence-electron chi connectivity index (χ1n) is 8.24. The molecular formula is C17H18N4O3S. The first-order chi connectivity index (χ1) is 12.2. The Hall–Kier alpha value is -2.19. The molecule has 1 aliphatic rings. The number of carbonyl (C=O) groups excluding carboxylic acids is 1. The fourth-order valence-electron chi connectivity index (χ4n) is 3.03. The van der Waals surface area contributed by atoms with Gasteiger partial charge in [0.25, 0.3) is 0 Å². The number of rotatable bonds is 6. The molecule has 7 nitrogen and oxygen atoms in total. The number of ketones is 1. The molecule has 25 heavy (non-hydrogen) atoms. The van der Waals surface area contributed by atoms with Crippen LogP contribution in [-0.2, 0) is 11.3 Å². The zero-order valence-corrected chi connectivity index (χ0v) is 14.7. The SMILES string of the molecule is Cc1c(C(=O)CSc2nnnn2C[C@@H]2CCCO2)oc2ccccc12. The maximum absolute atomic E-state index is 12.6. The van der Waals surface area contributed by atoms with Crippen LogP contribution in [0.25, 0.3) is 11.0 Å². The molecule has 1 aliphatic heterocycles. The summed E-state index contributed by atoms with van der Waals surface area (Å²) in [7, 11) is 0. The van der Waals surface area contributed by atoms with E-state index < -0.39 is 0 Å². The van der Waals surface area contributed by atoms with Crippen LogP contribution in [0, 0.1) is 6.92 Å². The number of hydrogen-bond donors (Lipinski definition) is 0. The Balaban J connectivity index is 1.45. The standard InChI is InChI=1S/C17H18N4O3S/c1-11-13-6-2-3-7-15(13)24-16(11)14(22)10-25-17-18-19-20-21(17)9-12-5-4-8-23-12/h2-3,6-7,12H,4-5,8-10H2,1H3/t12-/m0/s1. The molecule has 2 aromatic heterocycles. The van der Waals surface area contributed by atoms with Crippen molar-refractivity contribution in [3.05, 3.63) is 35.6 Å². The minimum atomic E-state index is -0.0645. The van der Waals surface area contributed by atoms with E-state index >= 15 is 0 Å². The van der Waals surface area contributed by atoms with Crippen LogP contribution >= 0.6 is 11.8 Å². The molecule has 0 unspecified atom stereocenters. The van der Waals surface area contributed by atoms with E-state index in [1.807, 2.05) is 31.2 Å². The van der Waals surface area contributed by atoms with Crippen LogP contribution in [0.15, 0.2) is 33.8 Å². The summed E-state index contributed by atoms with van der Waals surface area (Å²) in [6.45, 7) is 3.32. The predicted molar refractivity (Wildman–Crippen MR) is 92.8 cm³/mol. The van der Waals surface area contributed by atoms with Crippen molar-refractivity contribution in [1.82, 2.24) is 20.2 Å². The molecular weight excluding hydrogens is 340 g/mol. The summed E-state index contributed by atoms with van der Waals surface area (Å²) in [6.07, 6.45) is 2.23. The quantitative estimate of drug-likeness (QED) is 0.495. The lowest BCUT2D eigenvalue weighted by Gasteiger charge is -2.09. The Morgan fingerprint density at radius 1 is 1.40 bits per heavy atom. The highest BCUT2D eigenvalue weighted by Crippen LogP contribution is 2.27. The zero-order valence-electron chi connectivity index (χ0n) is 13.8. The molecule has 3 aromatic rings. The first kappa shape index (κ1) is 16.3. The molecule has 8 heteroatoms. The number of Topliss-reactive ketones (excluding diaryl/α,β-unsaturated/α-hetero) is 1. The maximum Gasteiger partial charge on any atom is 0.209 e. The van der Waals surface area contributed by atoms with E-state index in [0.717, 1.165) is 36.0 Å². The van der Waals surface area contributed by atoms with Crippen LogP contribution in [-0.4, -0.2) is 44.5 Å². The summed E-state index contributed by atoms with van der Waals surface area (Å²) in [5.41, 5.74) is 1.61. The lowest BCUT2D eigenvalue weighted by molar-refractivity contribution is 0.0912. The number of thioether (sulfide) groups is 1. The number of benzene rings is 1. The second-order valence-corrected chi connectivity index (χ2v) is 6.99. The van der Waals surface area contributed by atoms with Gasteiger partial charge >= 0.3 is 0 Å². The lowest BCUT2D eigenvalue weighted by atomic mass is 10.1. The van der Waals surface area contributed by atoms with Crippen LogP contribution in [0.3, 0.4) is 0 Å². The van der Waals surface area contributed by atoms with Gasteiger partial charge in [-0.3, -0.25) is 4.79 Å². The van der Waals surface area contributed by atoms with E-state index in [-0.39, 0.29) is 17.6 Å². The molecule has 0 radical (unpaired) electrons. The number of aryl methyl sites for hydroxylation is 1. The first-order valence-corrected chi connectivity index (χ1v) is 9.23. The van der Waals surface area contributed by atoms with E-state index in [1.54, 1.807) is 4.68 Å². The van der Waals surface area contributed by atoms with Gasteiger partial charge in [0.15, 0.2) is 5.76 Å². The highest BCUT2D eigenvalue weighted by atomic mass is 32.2. The maximum atomic E-state index is 12.6. The van der Waals surface area contributed by atoms with Crippen molar-refractivity contribution in [2.75, 3.05) is 12.4 Å². The number of carbonyl (C=O) groups is 1. The number of ether oxygens (including phenoxy) is 1.